The van der Waals surface area contributed by atoms with E-state index in [4.69, 9.17) is 16.3 Å². The first-order valence-electron chi connectivity index (χ1n) is 7.48. The van der Waals surface area contributed by atoms with Gasteiger partial charge in [-0.05, 0) is 48.2 Å². The van der Waals surface area contributed by atoms with Crippen LogP contribution in [0.4, 0.5) is 5.69 Å². The van der Waals surface area contributed by atoms with Gasteiger partial charge in [0.15, 0.2) is 0 Å². The second-order valence-electron chi connectivity index (χ2n) is 5.06. The average Bonchev–Trinajstić information content (AvgIpc) is 2.62. The number of amides is 1. The largest absolute Gasteiger partial charge is 0.460 e. The number of anilines is 1. The second kappa shape index (κ2) is 10.4. The van der Waals surface area contributed by atoms with Gasteiger partial charge in [0.05, 0.1) is 11.5 Å². The molecule has 0 unspecified atom stereocenters. The van der Waals surface area contributed by atoms with Crippen molar-refractivity contribution in [3.63, 3.8) is 0 Å². The number of benzene rings is 2. The van der Waals surface area contributed by atoms with Crippen LogP contribution >= 0.6 is 35.1 Å². The Morgan fingerprint density at radius 3 is 2.36 bits per heavy atom. The lowest BCUT2D eigenvalue weighted by molar-refractivity contribution is -0.141. The Morgan fingerprint density at radius 1 is 1.04 bits per heavy atom. The highest BCUT2D eigenvalue weighted by molar-refractivity contribution is 8.00. The fourth-order valence-electron chi connectivity index (χ4n) is 1.88. The van der Waals surface area contributed by atoms with E-state index in [2.05, 4.69) is 5.32 Å². The molecule has 0 heterocycles. The molecule has 0 aliphatic rings. The van der Waals surface area contributed by atoms with Crippen LogP contribution < -0.4 is 5.32 Å². The van der Waals surface area contributed by atoms with Crippen LogP contribution in [-0.4, -0.2) is 29.6 Å². The Hall–Kier alpha value is -1.63. The minimum Gasteiger partial charge on any atom is -0.460 e. The van der Waals surface area contributed by atoms with Crippen LogP contribution in [0, 0.1) is 0 Å². The zero-order valence-electron chi connectivity index (χ0n) is 13.7. The molecule has 132 valence electrons. The van der Waals surface area contributed by atoms with E-state index in [0.717, 1.165) is 10.5 Å². The van der Waals surface area contributed by atoms with Crippen LogP contribution in [0.25, 0.3) is 0 Å². The SMILES string of the molecule is CSc1ccc(COC(=O)CSCC(=O)Nc2ccc(Cl)cc2)cc1. The fraction of sp³-hybridized carbons (Fsp3) is 0.222. The molecule has 0 atom stereocenters. The molecule has 0 fully saturated rings. The molecule has 4 nitrogen and oxygen atoms in total. The molecule has 0 aliphatic heterocycles. The van der Waals surface area contributed by atoms with E-state index in [0.29, 0.717) is 10.7 Å². The van der Waals surface area contributed by atoms with Gasteiger partial charge in [-0.15, -0.1) is 23.5 Å². The van der Waals surface area contributed by atoms with E-state index in [-0.39, 0.29) is 30.0 Å². The summed E-state index contributed by atoms with van der Waals surface area (Å²) in [6.45, 7) is 0.241. The van der Waals surface area contributed by atoms with Crippen molar-refractivity contribution in [1.29, 1.82) is 0 Å². The number of hydrogen-bond acceptors (Lipinski definition) is 5. The highest BCUT2D eigenvalue weighted by atomic mass is 35.5. The predicted molar refractivity (Wildman–Crippen MR) is 105 cm³/mol. The smallest absolute Gasteiger partial charge is 0.316 e. The van der Waals surface area contributed by atoms with Gasteiger partial charge in [0, 0.05) is 15.6 Å². The number of thioether (sulfide) groups is 2. The van der Waals surface area contributed by atoms with Crippen molar-refractivity contribution in [2.75, 3.05) is 23.1 Å². The van der Waals surface area contributed by atoms with Gasteiger partial charge in [-0.2, -0.15) is 0 Å². The molecule has 0 saturated heterocycles. The maximum atomic E-state index is 11.8. The molecule has 0 bridgehead atoms. The van der Waals surface area contributed by atoms with Crippen LogP contribution in [0.15, 0.2) is 53.4 Å². The molecule has 0 radical (unpaired) electrons. The van der Waals surface area contributed by atoms with Gasteiger partial charge >= 0.3 is 5.97 Å². The Labute approximate surface area is 160 Å². The standard InChI is InChI=1S/C18H18ClNO3S2/c1-24-16-8-2-13(3-9-16)10-23-18(22)12-25-11-17(21)20-15-6-4-14(19)5-7-15/h2-9H,10-12H2,1H3,(H,20,21). The lowest BCUT2D eigenvalue weighted by Gasteiger charge is -2.07. The van der Waals surface area contributed by atoms with Gasteiger partial charge < -0.3 is 10.1 Å². The highest BCUT2D eigenvalue weighted by Crippen LogP contribution is 2.16. The lowest BCUT2D eigenvalue weighted by atomic mass is 10.2. The predicted octanol–water partition coefficient (Wildman–Crippen LogP) is 4.48. The van der Waals surface area contributed by atoms with Crippen molar-refractivity contribution in [3.05, 3.63) is 59.1 Å². The van der Waals surface area contributed by atoms with E-state index in [1.165, 1.54) is 11.8 Å². The first kappa shape index (κ1) is 19.7. The fourth-order valence-corrected chi connectivity index (χ4v) is 3.03. The van der Waals surface area contributed by atoms with Gasteiger partial charge in [-0.1, -0.05) is 23.7 Å². The summed E-state index contributed by atoms with van der Waals surface area (Å²) in [5, 5.41) is 3.35. The molecule has 0 spiro atoms. The maximum Gasteiger partial charge on any atom is 0.316 e. The van der Waals surface area contributed by atoms with Crippen molar-refractivity contribution in [1.82, 2.24) is 0 Å². The number of carbonyl (C=O) groups is 2. The first-order chi connectivity index (χ1) is 12.1. The normalized spacial score (nSPS) is 10.3. The molecule has 0 aliphatic carbocycles. The number of ether oxygens (including phenoxy) is 1. The minimum atomic E-state index is -0.335. The summed E-state index contributed by atoms with van der Waals surface area (Å²) in [5.74, 6) is -0.192. The van der Waals surface area contributed by atoms with E-state index in [1.807, 2.05) is 30.5 Å². The molecule has 1 amide bonds. The van der Waals surface area contributed by atoms with Gasteiger partial charge in [-0.3, -0.25) is 9.59 Å². The number of rotatable bonds is 8. The Balaban J connectivity index is 1.64. The summed E-state index contributed by atoms with van der Waals surface area (Å²) in [6, 6.07) is 14.7. The summed E-state index contributed by atoms with van der Waals surface area (Å²) in [4.78, 5) is 24.7. The van der Waals surface area contributed by atoms with Crippen LogP contribution in [0.2, 0.25) is 5.02 Å². The number of halogens is 1. The third-order valence-electron chi connectivity index (χ3n) is 3.14. The number of hydrogen-bond donors (Lipinski definition) is 1. The number of carbonyl (C=O) groups excluding carboxylic acids is 2. The first-order valence-corrected chi connectivity index (χ1v) is 10.2. The minimum absolute atomic E-state index is 0.136. The van der Waals surface area contributed by atoms with Crippen molar-refractivity contribution in [3.8, 4) is 0 Å². The summed E-state index contributed by atoms with van der Waals surface area (Å²) < 4.78 is 5.20. The van der Waals surface area contributed by atoms with Crippen LogP contribution in [0.1, 0.15) is 5.56 Å². The Bertz CT molecular complexity index is 705. The van der Waals surface area contributed by atoms with E-state index in [9.17, 15) is 9.59 Å². The quantitative estimate of drug-likeness (QED) is 0.527. The molecule has 7 heteroatoms. The van der Waals surface area contributed by atoms with E-state index >= 15 is 0 Å². The summed E-state index contributed by atoms with van der Waals surface area (Å²) in [7, 11) is 0. The van der Waals surface area contributed by atoms with Crippen LogP contribution in [-0.2, 0) is 20.9 Å². The van der Waals surface area contributed by atoms with Crippen molar-refractivity contribution in [2.24, 2.45) is 0 Å². The van der Waals surface area contributed by atoms with Gasteiger partial charge in [0.2, 0.25) is 5.91 Å². The molecule has 0 saturated carbocycles. The monoisotopic (exact) mass is 395 g/mol. The van der Waals surface area contributed by atoms with Crippen LogP contribution in [0.5, 0.6) is 0 Å². The molecule has 0 aromatic heterocycles. The second-order valence-corrected chi connectivity index (χ2v) is 7.36. The molecule has 1 N–H and O–H groups in total. The lowest BCUT2D eigenvalue weighted by Crippen LogP contribution is -2.16. The van der Waals surface area contributed by atoms with Crippen molar-refractivity contribution in [2.45, 2.75) is 11.5 Å². The van der Waals surface area contributed by atoms with E-state index < -0.39 is 0 Å². The third-order valence-corrected chi connectivity index (χ3v) is 5.04. The molecule has 2 rings (SSSR count). The summed E-state index contributed by atoms with van der Waals surface area (Å²) in [5.41, 5.74) is 1.61. The maximum absolute atomic E-state index is 11.8. The van der Waals surface area contributed by atoms with Crippen molar-refractivity contribution >= 4 is 52.7 Å². The summed E-state index contributed by atoms with van der Waals surface area (Å²) in [6.07, 6.45) is 2.01. The number of esters is 1. The molecule has 25 heavy (non-hydrogen) atoms. The Morgan fingerprint density at radius 2 is 1.72 bits per heavy atom. The average molecular weight is 396 g/mol. The van der Waals surface area contributed by atoms with Gasteiger partial charge in [0.1, 0.15) is 6.61 Å². The third kappa shape index (κ3) is 7.42. The molecule has 2 aromatic rings. The molecular formula is C18H18ClNO3S2. The number of nitrogens with one attached hydrogen (secondary N) is 1. The highest BCUT2D eigenvalue weighted by Gasteiger charge is 2.07. The summed E-state index contributed by atoms with van der Waals surface area (Å²) >= 11 is 8.66. The van der Waals surface area contributed by atoms with Crippen molar-refractivity contribution < 1.29 is 14.3 Å². The Kier molecular flexibility index (Phi) is 8.18. The zero-order valence-corrected chi connectivity index (χ0v) is 16.0. The van der Waals surface area contributed by atoms with Crippen LogP contribution in [0.3, 0.4) is 0 Å². The zero-order chi connectivity index (χ0) is 18.1. The van der Waals surface area contributed by atoms with Gasteiger partial charge in [0.25, 0.3) is 0 Å². The van der Waals surface area contributed by atoms with E-state index in [1.54, 1.807) is 36.0 Å². The topological polar surface area (TPSA) is 55.4 Å². The molecular weight excluding hydrogens is 378 g/mol. The molecule has 2 aromatic carbocycles. The van der Waals surface area contributed by atoms with Gasteiger partial charge in [-0.25, -0.2) is 0 Å².